The van der Waals surface area contributed by atoms with Crippen molar-refractivity contribution in [2.45, 2.75) is 40.7 Å². The lowest BCUT2D eigenvalue weighted by molar-refractivity contribution is -0.132. The van der Waals surface area contributed by atoms with Crippen LogP contribution in [0.3, 0.4) is 0 Å². The lowest BCUT2D eigenvalue weighted by atomic mass is 9.97. The van der Waals surface area contributed by atoms with Crippen LogP contribution in [0.5, 0.6) is 0 Å². The molecule has 1 saturated heterocycles. The van der Waals surface area contributed by atoms with E-state index in [9.17, 15) is 19.5 Å². The van der Waals surface area contributed by atoms with Crippen LogP contribution in [-0.2, 0) is 9.59 Å². The third-order valence-corrected chi connectivity index (χ3v) is 5.58. The number of Topliss-reactive ketones (excluding diaryl/α,β-unsaturated/α-hetero) is 1. The van der Waals surface area contributed by atoms with Crippen LogP contribution in [0, 0.1) is 27.7 Å². The Morgan fingerprint density at radius 1 is 1.21 bits per heavy atom. The summed E-state index contributed by atoms with van der Waals surface area (Å²) in [5.74, 6) is -1.09. The molecule has 4 rings (SSSR count). The number of rotatable bonds is 5. The van der Waals surface area contributed by atoms with E-state index < -0.39 is 23.5 Å². The number of ketones is 1. The van der Waals surface area contributed by atoms with Crippen molar-refractivity contribution in [3.8, 4) is 0 Å². The molecule has 33 heavy (non-hydrogen) atoms. The van der Waals surface area contributed by atoms with Crippen LogP contribution in [0.4, 0.5) is 5.82 Å². The second-order valence-electron chi connectivity index (χ2n) is 7.90. The van der Waals surface area contributed by atoms with E-state index in [1.807, 2.05) is 0 Å². The van der Waals surface area contributed by atoms with Crippen molar-refractivity contribution >= 4 is 29.2 Å². The minimum atomic E-state index is -1.06. The van der Waals surface area contributed by atoms with E-state index in [1.54, 1.807) is 46.8 Å². The van der Waals surface area contributed by atoms with Gasteiger partial charge in [0.25, 0.3) is 11.7 Å². The fourth-order valence-electron chi connectivity index (χ4n) is 4.12. The maximum absolute atomic E-state index is 13.2. The van der Waals surface area contributed by atoms with E-state index >= 15 is 0 Å². The molecule has 172 valence electrons. The van der Waals surface area contributed by atoms with Crippen molar-refractivity contribution in [3.63, 3.8) is 0 Å². The van der Waals surface area contributed by atoms with Crippen molar-refractivity contribution in [1.29, 1.82) is 0 Å². The highest BCUT2D eigenvalue weighted by Crippen LogP contribution is 2.43. The molecule has 1 atom stereocenters. The van der Waals surface area contributed by atoms with E-state index in [4.69, 9.17) is 8.94 Å². The topological polar surface area (TPSA) is 142 Å². The summed E-state index contributed by atoms with van der Waals surface area (Å²) >= 11 is 0. The smallest absolute Gasteiger partial charge is 0.301 e. The molecule has 2 amide bonds. The number of amides is 2. The van der Waals surface area contributed by atoms with Gasteiger partial charge >= 0.3 is 5.91 Å². The molecular weight excluding hydrogens is 428 g/mol. The van der Waals surface area contributed by atoms with Gasteiger partial charge in [0.2, 0.25) is 0 Å². The van der Waals surface area contributed by atoms with Gasteiger partial charge in [0.05, 0.1) is 5.57 Å². The summed E-state index contributed by atoms with van der Waals surface area (Å²) in [6, 6.07) is 3.79. The first-order valence-corrected chi connectivity index (χ1v) is 10.4. The number of carbonyl (C=O) groups is 3. The van der Waals surface area contributed by atoms with Gasteiger partial charge in [0.15, 0.2) is 5.82 Å². The Bertz CT molecular complexity index is 1310. The highest BCUT2D eigenvalue weighted by molar-refractivity contribution is 6.51. The second-order valence-corrected chi connectivity index (χ2v) is 7.90. The van der Waals surface area contributed by atoms with E-state index in [1.165, 1.54) is 6.07 Å². The SMILES string of the molecule is CCNC(=O)c1[nH]c(C)c(/C(O)=C2\C(=O)C(=O)N(c3cc(C)on3)C2c2ccc(C)o2)c1C. The molecule has 0 aromatic carbocycles. The van der Waals surface area contributed by atoms with Crippen LogP contribution in [0.1, 0.15) is 57.6 Å². The van der Waals surface area contributed by atoms with Gasteiger partial charge < -0.3 is 24.3 Å². The zero-order valence-corrected chi connectivity index (χ0v) is 18.9. The summed E-state index contributed by atoms with van der Waals surface area (Å²) < 4.78 is 10.9. The van der Waals surface area contributed by atoms with Crippen molar-refractivity contribution in [3.05, 3.63) is 63.6 Å². The molecule has 0 radical (unpaired) electrons. The number of hydrogen-bond acceptors (Lipinski definition) is 7. The molecular formula is C23H24N4O6. The molecule has 10 nitrogen and oxygen atoms in total. The van der Waals surface area contributed by atoms with Crippen LogP contribution in [0.15, 0.2) is 32.7 Å². The highest BCUT2D eigenvalue weighted by Gasteiger charge is 2.50. The number of furan rings is 1. The molecule has 3 aromatic rings. The third-order valence-electron chi connectivity index (χ3n) is 5.58. The van der Waals surface area contributed by atoms with Gasteiger partial charge in [-0.15, -0.1) is 0 Å². The predicted molar refractivity (Wildman–Crippen MR) is 118 cm³/mol. The summed E-state index contributed by atoms with van der Waals surface area (Å²) in [7, 11) is 0. The summed E-state index contributed by atoms with van der Waals surface area (Å²) in [6.45, 7) is 8.95. The quantitative estimate of drug-likeness (QED) is 0.307. The zero-order chi connectivity index (χ0) is 24.0. The fraction of sp³-hybridized carbons (Fsp3) is 0.304. The zero-order valence-electron chi connectivity index (χ0n) is 18.9. The van der Waals surface area contributed by atoms with E-state index in [2.05, 4.69) is 15.5 Å². The lowest BCUT2D eigenvalue weighted by Gasteiger charge is -2.20. The molecule has 1 aliphatic heterocycles. The Labute approximate surface area is 189 Å². The first-order chi connectivity index (χ1) is 15.6. The molecule has 0 bridgehead atoms. The number of aromatic amines is 1. The van der Waals surface area contributed by atoms with Gasteiger partial charge in [-0.1, -0.05) is 5.16 Å². The van der Waals surface area contributed by atoms with Gasteiger partial charge in [-0.2, -0.15) is 0 Å². The van der Waals surface area contributed by atoms with Crippen molar-refractivity contribution < 1.29 is 28.4 Å². The number of anilines is 1. The number of aromatic nitrogens is 2. The minimum absolute atomic E-state index is 0.123. The van der Waals surface area contributed by atoms with Crippen LogP contribution in [-0.4, -0.2) is 39.4 Å². The first-order valence-electron chi connectivity index (χ1n) is 10.4. The number of aryl methyl sites for hydroxylation is 3. The summed E-state index contributed by atoms with van der Waals surface area (Å²) in [5, 5.41) is 17.9. The lowest BCUT2D eigenvalue weighted by Crippen LogP contribution is -2.29. The molecule has 0 saturated carbocycles. The molecule has 1 fully saturated rings. The van der Waals surface area contributed by atoms with Gasteiger partial charge in [-0.05, 0) is 52.3 Å². The molecule has 3 N–H and O–H groups in total. The maximum Gasteiger partial charge on any atom is 0.301 e. The van der Waals surface area contributed by atoms with E-state index in [0.717, 1.165) is 4.90 Å². The number of nitrogens with zero attached hydrogens (tertiary/aromatic N) is 2. The monoisotopic (exact) mass is 452 g/mol. The Morgan fingerprint density at radius 2 is 1.94 bits per heavy atom. The predicted octanol–water partition coefficient (Wildman–Crippen LogP) is 3.21. The molecule has 0 aliphatic carbocycles. The summed E-state index contributed by atoms with van der Waals surface area (Å²) in [6.07, 6.45) is 0. The van der Waals surface area contributed by atoms with Gasteiger partial charge in [-0.25, -0.2) is 0 Å². The Balaban J connectivity index is 1.94. The number of aliphatic hydroxyl groups excluding tert-OH is 1. The van der Waals surface area contributed by atoms with Gasteiger partial charge in [-0.3, -0.25) is 19.3 Å². The Kier molecular flexibility index (Phi) is 5.44. The minimum Gasteiger partial charge on any atom is -0.507 e. The van der Waals surface area contributed by atoms with Crippen molar-refractivity contribution in [2.75, 3.05) is 11.4 Å². The molecule has 10 heteroatoms. The molecule has 4 heterocycles. The first kappa shape index (κ1) is 22.1. The number of hydrogen-bond donors (Lipinski definition) is 3. The number of nitrogens with one attached hydrogen (secondary N) is 2. The van der Waals surface area contributed by atoms with Gasteiger partial charge in [0.1, 0.15) is 34.8 Å². The standard InChI is InChI=1S/C23H24N4O6/c1-6-24-22(30)18-12(4)16(13(5)25-18)20(28)17-19(14-8-7-10(2)32-14)27(23(31)21(17)29)15-9-11(3)33-26-15/h7-9,19,25,28H,6H2,1-5H3,(H,24,30)/b20-17+. The fourth-order valence-corrected chi connectivity index (χ4v) is 4.12. The maximum atomic E-state index is 13.2. The molecule has 1 aliphatic rings. The van der Waals surface area contributed by atoms with Crippen molar-refractivity contribution in [2.24, 2.45) is 0 Å². The van der Waals surface area contributed by atoms with E-state index in [-0.39, 0.29) is 34.3 Å². The van der Waals surface area contributed by atoms with Crippen LogP contribution < -0.4 is 10.2 Å². The third kappa shape index (κ3) is 3.53. The number of H-pyrrole nitrogens is 1. The average molecular weight is 452 g/mol. The molecule has 3 aromatic heterocycles. The van der Waals surface area contributed by atoms with Crippen LogP contribution in [0.25, 0.3) is 5.76 Å². The molecule has 0 spiro atoms. The number of aliphatic hydroxyl groups is 1. The molecule has 1 unspecified atom stereocenters. The van der Waals surface area contributed by atoms with Crippen LogP contribution >= 0.6 is 0 Å². The average Bonchev–Trinajstić information content (AvgIpc) is 3.50. The second kappa shape index (κ2) is 8.12. The largest absolute Gasteiger partial charge is 0.507 e. The summed E-state index contributed by atoms with van der Waals surface area (Å²) in [5.41, 5.74) is 1.31. The highest BCUT2D eigenvalue weighted by atomic mass is 16.5. The van der Waals surface area contributed by atoms with E-state index in [0.29, 0.717) is 29.3 Å². The van der Waals surface area contributed by atoms with Crippen molar-refractivity contribution in [1.82, 2.24) is 15.5 Å². The normalized spacial score (nSPS) is 17.7. The number of carbonyl (C=O) groups excluding carboxylic acids is 3. The Hall–Kier alpha value is -4.08. The Morgan fingerprint density at radius 3 is 2.52 bits per heavy atom. The summed E-state index contributed by atoms with van der Waals surface area (Å²) in [4.78, 5) is 42.8. The van der Waals surface area contributed by atoms with Gasteiger partial charge in [0, 0.05) is 23.9 Å². The van der Waals surface area contributed by atoms with Crippen LogP contribution in [0.2, 0.25) is 0 Å².